The molecule has 0 saturated heterocycles. The molecule has 1 nitrogen and oxygen atoms in total. The zero-order valence-electron chi connectivity index (χ0n) is 7.84. The van der Waals surface area contributed by atoms with Crippen LogP contribution in [0.5, 0.6) is 0 Å². The van der Waals surface area contributed by atoms with Gasteiger partial charge in [-0.2, -0.15) is 0 Å². The van der Waals surface area contributed by atoms with Crippen molar-refractivity contribution in [2.75, 3.05) is 0 Å². The Morgan fingerprint density at radius 1 is 1.33 bits per heavy atom. The summed E-state index contributed by atoms with van der Waals surface area (Å²) in [6, 6.07) is 4.06. The Morgan fingerprint density at radius 2 is 2.17 bits per heavy atom. The highest BCUT2D eigenvalue weighted by atomic mass is 16.3. The third-order valence-corrected chi connectivity index (χ3v) is 1.76. The van der Waals surface area contributed by atoms with E-state index in [9.17, 15) is 0 Å². The van der Waals surface area contributed by atoms with Gasteiger partial charge in [0, 0.05) is 6.42 Å². The molecule has 0 spiro atoms. The van der Waals surface area contributed by atoms with Gasteiger partial charge in [0.1, 0.15) is 11.5 Å². The molecule has 0 N–H and O–H groups in total. The molecule has 0 amide bonds. The van der Waals surface area contributed by atoms with E-state index in [1.807, 2.05) is 13.0 Å². The molecular formula is C11H16O. The van der Waals surface area contributed by atoms with E-state index in [-0.39, 0.29) is 0 Å². The molecule has 0 fully saturated rings. The highest BCUT2D eigenvalue weighted by Crippen LogP contribution is 2.08. The summed E-state index contributed by atoms with van der Waals surface area (Å²) in [5.41, 5.74) is 0. The van der Waals surface area contributed by atoms with Crippen molar-refractivity contribution in [3.63, 3.8) is 0 Å². The Bertz CT molecular complexity index is 245. The second-order valence-corrected chi connectivity index (χ2v) is 2.93. The maximum Gasteiger partial charge on any atom is 0.104 e. The van der Waals surface area contributed by atoms with Gasteiger partial charge < -0.3 is 4.42 Å². The van der Waals surface area contributed by atoms with Gasteiger partial charge in [-0.05, 0) is 31.9 Å². The lowest BCUT2D eigenvalue weighted by Crippen LogP contribution is -1.77. The van der Waals surface area contributed by atoms with Crippen LogP contribution in [-0.2, 0) is 6.42 Å². The van der Waals surface area contributed by atoms with Crippen molar-refractivity contribution >= 4 is 0 Å². The molecule has 1 heterocycles. The summed E-state index contributed by atoms with van der Waals surface area (Å²) >= 11 is 0. The Hall–Kier alpha value is -0.980. The molecule has 12 heavy (non-hydrogen) atoms. The van der Waals surface area contributed by atoms with Gasteiger partial charge >= 0.3 is 0 Å². The van der Waals surface area contributed by atoms with Crippen LogP contribution in [-0.4, -0.2) is 0 Å². The highest BCUT2D eigenvalue weighted by Gasteiger charge is 1.95. The van der Waals surface area contributed by atoms with E-state index >= 15 is 0 Å². The van der Waals surface area contributed by atoms with E-state index in [1.54, 1.807) is 0 Å². The van der Waals surface area contributed by atoms with Gasteiger partial charge in [-0.3, -0.25) is 0 Å². The molecule has 0 aliphatic rings. The molecule has 0 bridgehead atoms. The molecule has 1 aromatic heterocycles. The molecule has 1 heteroatoms. The van der Waals surface area contributed by atoms with E-state index in [2.05, 4.69) is 25.1 Å². The SMILES string of the molecule is CCC=CCCc1ccc(C)o1. The molecule has 0 atom stereocenters. The van der Waals surface area contributed by atoms with E-state index in [0.29, 0.717) is 0 Å². The fraction of sp³-hybridized carbons (Fsp3) is 0.455. The molecule has 0 aromatic carbocycles. The molecule has 0 unspecified atom stereocenters. The summed E-state index contributed by atoms with van der Waals surface area (Å²) < 4.78 is 5.43. The number of hydrogen-bond acceptors (Lipinski definition) is 1. The monoisotopic (exact) mass is 164 g/mol. The van der Waals surface area contributed by atoms with E-state index < -0.39 is 0 Å². The second-order valence-electron chi connectivity index (χ2n) is 2.93. The van der Waals surface area contributed by atoms with Gasteiger partial charge in [0.15, 0.2) is 0 Å². The molecule has 0 saturated carbocycles. The maximum absolute atomic E-state index is 5.43. The maximum atomic E-state index is 5.43. The second kappa shape index (κ2) is 4.81. The fourth-order valence-corrected chi connectivity index (χ4v) is 1.13. The van der Waals surface area contributed by atoms with E-state index in [4.69, 9.17) is 4.42 Å². The van der Waals surface area contributed by atoms with Gasteiger partial charge in [-0.1, -0.05) is 19.1 Å². The Morgan fingerprint density at radius 3 is 2.75 bits per heavy atom. The topological polar surface area (TPSA) is 13.1 Å². The van der Waals surface area contributed by atoms with Gasteiger partial charge in [-0.15, -0.1) is 0 Å². The quantitative estimate of drug-likeness (QED) is 0.621. The zero-order valence-corrected chi connectivity index (χ0v) is 7.84. The largest absolute Gasteiger partial charge is 0.466 e. The van der Waals surface area contributed by atoms with Crippen molar-refractivity contribution in [1.29, 1.82) is 0 Å². The molecule has 1 rings (SSSR count). The average Bonchev–Trinajstić information content (AvgIpc) is 2.45. The third kappa shape index (κ3) is 2.95. The molecule has 0 aliphatic carbocycles. The number of rotatable bonds is 4. The van der Waals surface area contributed by atoms with Crippen LogP contribution in [0.3, 0.4) is 0 Å². The summed E-state index contributed by atoms with van der Waals surface area (Å²) in [6.45, 7) is 4.12. The van der Waals surface area contributed by atoms with Gasteiger partial charge in [-0.25, -0.2) is 0 Å². The van der Waals surface area contributed by atoms with E-state index in [1.165, 1.54) is 0 Å². The van der Waals surface area contributed by atoms with Crippen LogP contribution in [0.15, 0.2) is 28.7 Å². The van der Waals surface area contributed by atoms with Crippen LogP contribution in [0.4, 0.5) is 0 Å². The third-order valence-electron chi connectivity index (χ3n) is 1.76. The summed E-state index contributed by atoms with van der Waals surface area (Å²) in [7, 11) is 0. The van der Waals surface area contributed by atoms with Gasteiger partial charge in [0.25, 0.3) is 0 Å². The molecule has 0 radical (unpaired) electrons. The first-order valence-corrected chi connectivity index (χ1v) is 4.53. The predicted molar refractivity (Wildman–Crippen MR) is 51.2 cm³/mol. The fourth-order valence-electron chi connectivity index (χ4n) is 1.13. The lowest BCUT2D eigenvalue weighted by Gasteiger charge is -1.90. The lowest BCUT2D eigenvalue weighted by atomic mass is 10.2. The molecule has 1 aromatic rings. The normalized spacial score (nSPS) is 11.2. The van der Waals surface area contributed by atoms with Crippen molar-refractivity contribution in [2.24, 2.45) is 0 Å². The molecule has 66 valence electrons. The minimum absolute atomic E-state index is 1.00. The minimum atomic E-state index is 1.00. The first-order valence-electron chi connectivity index (χ1n) is 4.53. The predicted octanol–water partition coefficient (Wildman–Crippen LogP) is 3.49. The first kappa shape index (κ1) is 9.11. The summed E-state index contributed by atoms with van der Waals surface area (Å²) in [6.07, 6.45) is 7.62. The number of allylic oxidation sites excluding steroid dienone is 2. The molecular weight excluding hydrogens is 148 g/mol. The lowest BCUT2D eigenvalue weighted by molar-refractivity contribution is 0.483. The van der Waals surface area contributed by atoms with Crippen molar-refractivity contribution in [1.82, 2.24) is 0 Å². The van der Waals surface area contributed by atoms with Crippen LogP contribution in [0, 0.1) is 6.92 Å². The van der Waals surface area contributed by atoms with E-state index in [0.717, 1.165) is 30.8 Å². The number of furan rings is 1. The Kier molecular flexibility index (Phi) is 3.65. The van der Waals surface area contributed by atoms with Crippen LogP contribution < -0.4 is 0 Å². The highest BCUT2D eigenvalue weighted by molar-refractivity contribution is 5.06. The smallest absolute Gasteiger partial charge is 0.104 e. The van der Waals surface area contributed by atoms with Crippen LogP contribution in [0.25, 0.3) is 0 Å². The minimum Gasteiger partial charge on any atom is -0.466 e. The van der Waals surface area contributed by atoms with Crippen LogP contribution in [0.2, 0.25) is 0 Å². The zero-order chi connectivity index (χ0) is 8.81. The standard InChI is InChI=1S/C11H16O/c1-3-4-5-6-7-11-9-8-10(2)12-11/h4-5,8-9H,3,6-7H2,1-2H3. The van der Waals surface area contributed by atoms with Crippen molar-refractivity contribution < 1.29 is 4.42 Å². The first-order chi connectivity index (χ1) is 5.83. The van der Waals surface area contributed by atoms with Crippen molar-refractivity contribution in [3.05, 3.63) is 35.8 Å². The van der Waals surface area contributed by atoms with Crippen LogP contribution in [0.1, 0.15) is 31.3 Å². The number of aryl methyl sites for hydroxylation is 2. The van der Waals surface area contributed by atoms with Gasteiger partial charge in [0.2, 0.25) is 0 Å². The average molecular weight is 164 g/mol. The number of hydrogen-bond donors (Lipinski definition) is 0. The summed E-state index contributed by atoms with van der Waals surface area (Å²) in [5.74, 6) is 2.10. The van der Waals surface area contributed by atoms with Crippen molar-refractivity contribution in [3.8, 4) is 0 Å². The Balaban J connectivity index is 2.28. The van der Waals surface area contributed by atoms with Crippen molar-refractivity contribution in [2.45, 2.75) is 33.1 Å². The summed E-state index contributed by atoms with van der Waals surface area (Å²) in [4.78, 5) is 0. The summed E-state index contributed by atoms with van der Waals surface area (Å²) in [5, 5.41) is 0. The molecule has 0 aliphatic heterocycles. The van der Waals surface area contributed by atoms with Gasteiger partial charge in [0.05, 0.1) is 0 Å². The van der Waals surface area contributed by atoms with Crippen LogP contribution >= 0.6 is 0 Å². The Labute approximate surface area is 74.1 Å².